The zero-order valence-corrected chi connectivity index (χ0v) is 29.5. The van der Waals surface area contributed by atoms with Crippen LogP contribution in [0.15, 0.2) is 73.7 Å². The first-order valence-corrected chi connectivity index (χ1v) is 25.9. The van der Waals surface area contributed by atoms with Gasteiger partial charge in [-0.05, 0) is 28.5 Å². The Morgan fingerprint density at radius 2 is 1.11 bits per heavy atom. The van der Waals surface area contributed by atoms with Gasteiger partial charge in [-0.25, -0.2) is 0 Å². The molecule has 0 aliphatic carbocycles. The highest BCUT2D eigenvalue weighted by molar-refractivity contribution is 7.03. The van der Waals surface area contributed by atoms with E-state index in [-0.39, 0.29) is 15.8 Å². The molecular weight excluding hydrogens is 637 g/mol. The summed E-state index contributed by atoms with van der Waals surface area (Å²) >= 11 is 0. The number of fused-ring (bicyclic) bond motifs is 4. The van der Waals surface area contributed by atoms with Crippen LogP contribution >= 0.6 is 0 Å². The fourth-order valence-corrected chi connectivity index (χ4v) is 41.0. The van der Waals surface area contributed by atoms with Crippen LogP contribution in [0.2, 0.25) is 12.1 Å². The third-order valence-electron chi connectivity index (χ3n) is 5.41. The van der Waals surface area contributed by atoms with Crippen molar-refractivity contribution in [3.05, 3.63) is 73.7 Å². The molecular formula is C16H28O12Si9. The topological polar surface area (TPSA) is 111 Å². The molecule has 0 aromatic carbocycles. The van der Waals surface area contributed by atoms with E-state index in [9.17, 15) is 0 Å². The molecule has 200 valence electrons. The van der Waals surface area contributed by atoms with Gasteiger partial charge in [-0.1, -0.05) is 19.5 Å². The average molecular weight is 665 g/mol. The fraction of sp³-hybridized carbons (Fsp3) is 0.250. The molecule has 7 unspecified atom stereocenters. The maximum absolute atomic E-state index is 6.74. The normalized spacial score (nSPS) is 47.2. The SMILES string of the molecule is C=C[Si]O[Si]1(C=C)O[Si]2(C=C)O[Si]3(C=C)O[Si]O[Si]4(CC)O[Si](C=C)(O3)O[Si](C=C)(O2)O[Si](CC)(O1)O4. The first-order valence-electron chi connectivity index (χ1n) is 11.2. The van der Waals surface area contributed by atoms with Gasteiger partial charge in [0.05, 0.1) is 0 Å². The highest BCUT2D eigenvalue weighted by Gasteiger charge is 2.76. The lowest BCUT2D eigenvalue weighted by Gasteiger charge is -2.56. The number of rotatable bonds is 10. The van der Waals surface area contributed by atoms with Crippen LogP contribution in [0.4, 0.5) is 0 Å². The second-order valence-electron chi connectivity index (χ2n) is 7.74. The van der Waals surface area contributed by atoms with Crippen LogP contribution in [0, 0.1) is 0 Å². The second-order valence-corrected chi connectivity index (χ2v) is 30.6. The van der Waals surface area contributed by atoms with Crippen LogP contribution in [0.3, 0.4) is 0 Å². The van der Waals surface area contributed by atoms with Crippen molar-refractivity contribution < 1.29 is 49.4 Å². The Kier molecular flexibility index (Phi) is 8.65. The highest BCUT2D eigenvalue weighted by atomic mass is 28.6. The van der Waals surface area contributed by atoms with Gasteiger partial charge < -0.3 is 49.4 Å². The smallest absolute Gasteiger partial charge is 0.409 e. The zero-order valence-electron chi connectivity index (χ0n) is 20.5. The molecule has 4 aliphatic rings. The van der Waals surface area contributed by atoms with Crippen molar-refractivity contribution in [2.75, 3.05) is 0 Å². The molecule has 7 atom stereocenters. The van der Waals surface area contributed by atoms with Gasteiger partial charge in [0.2, 0.25) is 0 Å². The minimum absolute atomic E-state index is 0.206. The van der Waals surface area contributed by atoms with Gasteiger partial charge in [0.1, 0.15) is 0 Å². The largest absolute Gasteiger partial charge is 0.507 e. The van der Waals surface area contributed by atoms with Gasteiger partial charge in [-0.3, -0.25) is 0 Å². The van der Waals surface area contributed by atoms with Crippen molar-refractivity contribution in [2.45, 2.75) is 25.9 Å². The molecule has 4 radical (unpaired) electrons. The Labute approximate surface area is 229 Å². The van der Waals surface area contributed by atoms with E-state index in [1.54, 1.807) is 5.70 Å². The lowest BCUT2D eigenvalue weighted by atomic mass is 11.0. The summed E-state index contributed by atoms with van der Waals surface area (Å²) in [6.07, 6.45) is 0. The molecule has 0 N–H and O–H groups in total. The molecule has 6 bridgehead atoms. The third kappa shape index (κ3) is 5.34. The van der Waals surface area contributed by atoms with Crippen molar-refractivity contribution in [1.82, 2.24) is 0 Å². The van der Waals surface area contributed by atoms with Crippen LogP contribution in [0.5, 0.6) is 0 Å². The number of hydrogen-bond acceptors (Lipinski definition) is 12. The van der Waals surface area contributed by atoms with Crippen molar-refractivity contribution in [3.63, 3.8) is 0 Å². The molecule has 4 aliphatic heterocycles. The van der Waals surface area contributed by atoms with Gasteiger partial charge in [-0.15, -0.1) is 39.5 Å². The van der Waals surface area contributed by atoms with Crippen LogP contribution in [0.1, 0.15) is 13.8 Å². The van der Waals surface area contributed by atoms with Crippen molar-refractivity contribution >= 4 is 81.4 Å². The molecule has 0 aromatic heterocycles. The monoisotopic (exact) mass is 664 g/mol. The van der Waals surface area contributed by atoms with E-state index in [1.807, 2.05) is 13.8 Å². The molecule has 0 spiro atoms. The van der Waals surface area contributed by atoms with Crippen molar-refractivity contribution in [3.8, 4) is 0 Å². The molecule has 4 fully saturated rings. The van der Waals surface area contributed by atoms with E-state index in [0.29, 0.717) is 6.04 Å². The summed E-state index contributed by atoms with van der Waals surface area (Å²) in [4.78, 5) is 0. The van der Waals surface area contributed by atoms with Crippen LogP contribution < -0.4 is 0 Å². The maximum atomic E-state index is 6.74. The van der Waals surface area contributed by atoms with E-state index in [1.165, 1.54) is 28.5 Å². The van der Waals surface area contributed by atoms with Gasteiger partial charge in [0, 0.05) is 12.1 Å². The molecule has 0 saturated carbocycles. The van der Waals surface area contributed by atoms with Gasteiger partial charge in [-0.2, -0.15) is 0 Å². The first kappa shape index (κ1) is 29.9. The van der Waals surface area contributed by atoms with Crippen molar-refractivity contribution in [2.24, 2.45) is 0 Å². The molecule has 4 heterocycles. The predicted octanol–water partition coefficient (Wildman–Crippen LogP) is 1.77. The Balaban J connectivity index is 2.06. The molecule has 21 heteroatoms. The average Bonchev–Trinajstić information content (AvgIpc) is 2.87. The Bertz CT molecular complexity index is 995. The predicted molar refractivity (Wildman–Crippen MR) is 147 cm³/mol. The van der Waals surface area contributed by atoms with Crippen LogP contribution in [-0.4, -0.2) is 81.4 Å². The molecule has 12 nitrogen and oxygen atoms in total. The molecule has 37 heavy (non-hydrogen) atoms. The highest BCUT2D eigenvalue weighted by Crippen LogP contribution is 2.45. The lowest BCUT2D eigenvalue weighted by Crippen LogP contribution is -2.82. The summed E-state index contributed by atoms with van der Waals surface area (Å²) in [7, 11) is -28.2. The van der Waals surface area contributed by atoms with E-state index in [4.69, 9.17) is 49.4 Å². The summed E-state index contributed by atoms with van der Waals surface area (Å²) in [6.45, 7) is 27.2. The Hall–Kier alpha value is -0.0881. The zero-order chi connectivity index (χ0) is 27.1. The third-order valence-corrected chi connectivity index (χ3v) is 35.5. The fourth-order valence-electron chi connectivity index (χ4n) is 3.64. The Morgan fingerprint density at radius 1 is 0.595 bits per heavy atom. The minimum atomic E-state index is -4.10. The summed E-state index contributed by atoms with van der Waals surface area (Å²) < 4.78 is 78.3. The number of hydrogen-bond donors (Lipinski definition) is 0. The summed E-state index contributed by atoms with van der Waals surface area (Å²) in [6, 6.07) is 0.579. The second kappa shape index (κ2) is 10.7. The van der Waals surface area contributed by atoms with E-state index < -0.39 is 71.6 Å². The molecule has 0 amide bonds. The minimum Gasteiger partial charge on any atom is -0.409 e. The molecule has 4 rings (SSSR count). The van der Waals surface area contributed by atoms with E-state index in [2.05, 4.69) is 39.5 Å². The molecule has 4 saturated heterocycles. The van der Waals surface area contributed by atoms with Gasteiger partial charge in [0.25, 0.3) is 9.76 Å². The molecule has 0 aromatic rings. The van der Waals surface area contributed by atoms with Gasteiger partial charge in [0.15, 0.2) is 0 Å². The van der Waals surface area contributed by atoms with Crippen LogP contribution in [0.25, 0.3) is 0 Å². The quantitative estimate of drug-likeness (QED) is 0.318. The summed E-state index contributed by atoms with van der Waals surface area (Å²) in [5, 5.41) is 0. The standard InChI is InChI=1S/C16H28O12Si9/c1-9-29-17-31(10-2)20-34(13-5)22-32(11-3)18-30-19-33(12-4)23-35(14-6,21-31)27-37(16-8,26-34)28-36(15-7,24-32)25-33/h9-11,13,15-16H,1-3,5,7-8,12,14H2,4,6H3. The van der Waals surface area contributed by atoms with E-state index in [0.717, 1.165) is 0 Å². The van der Waals surface area contributed by atoms with Crippen LogP contribution in [-0.2, 0) is 49.4 Å². The first-order chi connectivity index (χ1) is 17.6. The summed E-state index contributed by atoms with van der Waals surface area (Å²) in [5.74, 6) is 0. The van der Waals surface area contributed by atoms with Crippen molar-refractivity contribution in [1.29, 1.82) is 0 Å². The summed E-state index contributed by atoms with van der Waals surface area (Å²) in [5.41, 5.74) is 8.72. The van der Waals surface area contributed by atoms with E-state index >= 15 is 0 Å². The maximum Gasteiger partial charge on any atom is 0.507 e. The Morgan fingerprint density at radius 3 is 1.59 bits per heavy atom. The lowest BCUT2D eigenvalue weighted by molar-refractivity contribution is 0.0218. The van der Waals surface area contributed by atoms with Gasteiger partial charge >= 0.3 is 71.6 Å².